The van der Waals surface area contributed by atoms with Crippen LogP contribution in [0.3, 0.4) is 0 Å². The number of carbonyl (C=O) groups is 1. The number of rotatable bonds is 7. The van der Waals surface area contributed by atoms with Crippen molar-refractivity contribution in [2.45, 2.75) is 46.3 Å². The number of aryl methyl sites for hydroxylation is 1. The molecule has 3 rings (SSSR count). The van der Waals surface area contributed by atoms with Crippen molar-refractivity contribution in [2.24, 2.45) is 0 Å². The van der Waals surface area contributed by atoms with E-state index in [0.29, 0.717) is 24.5 Å². The van der Waals surface area contributed by atoms with Gasteiger partial charge in [0.15, 0.2) is 0 Å². The van der Waals surface area contributed by atoms with Crippen molar-refractivity contribution in [3.63, 3.8) is 0 Å². The summed E-state index contributed by atoms with van der Waals surface area (Å²) in [7, 11) is 1.62. The Bertz CT molecular complexity index is 1020. The zero-order valence-corrected chi connectivity index (χ0v) is 19.0. The molecule has 31 heavy (non-hydrogen) atoms. The van der Waals surface area contributed by atoms with Gasteiger partial charge in [0.2, 0.25) is 0 Å². The summed E-state index contributed by atoms with van der Waals surface area (Å²) in [6.07, 6.45) is 0. The van der Waals surface area contributed by atoms with E-state index in [1.807, 2.05) is 55.5 Å². The molecule has 0 saturated carbocycles. The van der Waals surface area contributed by atoms with Gasteiger partial charge in [-0.15, -0.1) is 0 Å². The molecule has 0 aliphatic rings. The molecule has 3 aromatic rings. The first kappa shape index (κ1) is 22.4. The van der Waals surface area contributed by atoms with Crippen LogP contribution in [0.5, 0.6) is 11.5 Å². The molecule has 4 nitrogen and oxygen atoms in total. The van der Waals surface area contributed by atoms with Crippen LogP contribution in [0.15, 0.2) is 66.7 Å². The number of hydrogen-bond acceptors (Lipinski definition) is 3. The zero-order chi connectivity index (χ0) is 22.4. The summed E-state index contributed by atoms with van der Waals surface area (Å²) >= 11 is 0. The van der Waals surface area contributed by atoms with Crippen molar-refractivity contribution in [1.82, 2.24) is 5.32 Å². The van der Waals surface area contributed by atoms with Gasteiger partial charge < -0.3 is 14.8 Å². The van der Waals surface area contributed by atoms with E-state index in [0.717, 1.165) is 16.9 Å². The van der Waals surface area contributed by atoms with E-state index < -0.39 is 0 Å². The SMILES string of the molecule is COc1ccc(C(=O)NCc2ccc(C)cc2)cc1COc1ccc(C(C)(C)C)cc1. The van der Waals surface area contributed by atoms with Crippen LogP contribution in [0.1, 0.15) is 53.4 Å². The molecule has 1 amide bonds. The Morgan fingerprint density at radius 2 is 1.61 bits per heavy atom. The molecule has 0 fully saturated rings. The standard InChI is InChI=1S/C27H31NO3/c1-19-6-8-20(9-7-19)17-28-26(29)21-10-15-25(30-5)22(16-21)18-31-24-13-11-23(12-14-24)27(2,3)4/h6-16H,17-18H2,1-5H3,(H,28,29). The predicted octanol–water partition coefficient (Wildman–Crippen LogP) is 5.81. The molecule has 0 bridgehead atoms. The lowest BCUT2D eigenvalue weighted by Gasteiger charge is -2.19. The van der Waals surface area contributed by atoms with Crippen molar-refractivity contribution in [3.05, 3.63) is 94.5 Å². The Labute approximate surface area is 185 Å². The Kier molecular flexibility index (Phi) is 7.01. The van der Waals surface area contributed by atoms with Crippen LogP contribution in [0.2, 0.25) is 0 Å². The van der Waals surface area contributed by atoms with Crippen LogP contribution in [0.4, 0.5) is 0 Å². The molecule has 0 atom stereocenters. The van der Waals surface area contributed by atoms with E-state index in [9.17, 15) is 4.79 Å². The predicted molar refractivity (Wildman–Crippen MR) is 125 cm³/mol. The maximum atomic E-state index is 12.6. The van der Waals surface area contributed by atoms with Gasteiger partial charge in [-0.05, 0) is 53.8 Å². The first-order valence-electron chi connectivity index (χ1n) is 10.5. The monoisotopic (exact) mass is 417 g/mol. The van der Waals surface area contributed by atoms with Gasteiger partial charge in [0, 0.05) is 17.7 Å². The van der Waals surface area contributed by atoms with Crippen LogP contribution in [-0.4, -0.2) is 13.0 Å². The first-order chi connectivity index (χ1) is 14.8. The highest BCUT2D eigenvalue weighted by molar-refractivity contribution is 5.94. The topological polar surface area (TPSA) is 47.6 Å². The summed E-state index contributed by atoms with van der Waals surface area (Å²) < 4.78 is 11.4. The van der Waals surface area contributed by atoms with Crippen LogP contribution >= 0.6 is 0 Å². The van der Waals surface area contributed by atoms with E-state index >= 15 is 0 Å². The minimum Gasteiger partial charge on any atom is -0.496 e. The van der Waals surface area contributed by atoms with Crippen LogP contribution in [0.25, 0.3) is 0 Å². The summed E-state index contributed by atoms with van der Waals surface area (Å²) in [6, 6.07) is 21.7. The molecule has 0 spiro atoms. The zero-order valence-electron chi connectivity index (χ0n) is 19.0. The van der Waals surface area contributed by atoms with Crippen molar-refractivity contribution < 1.29 is 14.3 Å². The Morgan fingerprint density at radius 3 is 2.23 bits per heavy atom. The lowest BCUT2D eigenvalue weighted by atomic mass is 9.87. The molecule has 0 aromatic heterocycles. The third kappa shape index (κ3) is 6.11. The van der Waals surface area contributed by atoms with E-state index in [1.165, 1.54) is 11.1 Å². The average Bonchev–Trinajstić information content (AvgIpc) is 2.76. The largest absolute Gasteiger partial charge is 0.496 e. The van der Waals surface area contributed by atoms with Crippen molar-refractivity contribution in [1.29, 1.82) is 0 Å². The van der Waals surface area contributed by atoms with Gasteiger partial charge in [0.05, 0.1) is 7.11 Å². The highest BCUT2D eigenvalue weighted by Crippen LogP contribution is 2.26. The highest BCUT2D eigenvalue weighted by Gasteiger charge is 2.14. The van der Waals surface area contributed by atoms with E-state index in [4.69, 9.17) is 9.47 Å². The number of nitrogens with one attached hydrogen (secondary N) is 1. The van der Waals surface area contributed by atoms with Crippen molar-refractivity contribution >= 4 is 5.91 Å². The molecule has 4 heteroatoms. The second-order valence-corrected chi connectivity index (χ2v) is 8.76. The molecular formula is C27H31NO3. The number of hydrogen-bond donors (Lipinski definition) is 1. The van der Waals surface area contributed by atoms with Gasteiger partial charge in [0.1, 0.15) is 18.1 Å². The second-order valence-electron chi connectivity index (χ2n) is 8.76. The van der Waals surface area contributed by atoms with Gasteiger partial charge in [-0.2, -0.15) is 0 Å². The third-order valence-corrected chi connectivity index (χ3v) is 5.23. The summed E-state index contributed by atoms with van der Waals surface area (Å²) in [5, 5.41) is 2.97. The smallest absolute Gasteiger partial charge is 0.251 e. The van der Waals surface area contributed by atoms with Crippen LogP contribution in [-0.2, 0) is 18.6 Å². The maximum Gasteiger partial charge on any atom is 0.251 e. The number of benzene rings is 3. The molecular weight excluding hydrogens is 386 g/mol. The van der Waals surface area contributed by atoms with Crippen LogP contribution < -0.4 is 14.8 Å². The minimum absolute atomic E-state index is 0.0992. The van der Waals surface area contributed by atoms with Gasteiger partial charge >= 0.3 is 0 Å². The lowest BCUT2D eigenvalue weighted by Crippen LogP contribution is -2.23. The Hall–Kier alpha value is -3.27. The minimum atomic E-state index is -0.126. The summed E-state index contributed by atoms with van der Waals surface area (Å²) in [4.78, 5) is 12.6. The fraction of sp³-hybridized carbons (Fsp3) is 0.296. The fourth-order valence-electron chi connectivity index (χ4n) is 3.24. The lowest BCUT2D eigenvalue weighted by molar-refractivity contribution is 0.0950. The van der Waals surface area contributed by atoms with Gasteiger partial charge in [-0.3, -0.25) is 4.79 Å². The summed E-state index contributed by atoms with van der Waals surface area (Å²) in [6.45, 7) is 9.39. The van der Waals surface area contributed by atoms with Crippen LogP contribution in [0, 0.1) is 6.92 Å². The second kappa shape index (κ2) is 9.69. The van der Waals surface area contributed by atoms with Gasteiger partial charge in [-0.1, -0.05) is 62.7 Å². The molecule has 162 valence electrons. The molecule has 3 aromatic carbocycles. The third-order valence-electron chi connectivity index (χ3n) is 5.23. The maximum absolute atomic E-state index is 12.6. The molecule has 0 unspecified atom stereocenters. The van der Waals surface area contributed by atoms with Crippen molar-refractivity contribution in [2.75, 3.05) is 7.11 Å². The highest BCUT2D eigenvalue weighted by atomic mass is 16.5. The van der Waals surface area contributed by atoms with E-state index in [2.05, 4.69) is 38.2 Å². The Balaban J connectivity index is 1.66. The van der Waals surface area contributed by atoms with Crippen molar-refractivity contribution in [3.8, 4) is 11.5 Å². The molecule has 0 saturated heterocycles. The Morgan fingerprint density at radius 1 is 0.935 bits per heavy atom. The first-order valence-corrected chi connectivity index (χ1v) is 10.5. The van der Waals surface area contributed by atoms with Gasteiger partial charge in [0.25, 0.3) is 5.91 Å². The van der Waals surface area contributed by atoms with Gasteiger partial charge in [-0.25, -0.2) is 0 Å². The average molecular weight is 418 g/mol. The molecule has 0 aliphatic carbocycles. The number of amides is 1. The molecule has 0 heterocycles. The number of ether oxygens (including phenoxy) is 2. The number of carbonyl (C=O) groups excluding carboxylic acids is 1. The summed E-state index contributed by atoms with van der Waals surface area (Å²) in [5.74, 6) is 1.35. The number of methoxy groups -OCH3 is 1. The molecule has 1 N–H and O–H groups in total. The van der Waals surface area contributed by atoms with E-state index in [1.54, 1.807) is 13.2 Å². The van der Waals surface area contributed by atoms with E-state index in [-0.39, 0.29) is 11.3 Å². The molecule has 0 aliphatic heterocycles. The summed E-state index contributed by atoms with van der Waals surface area (Å²) in [5.41, 5.74) is 5.02. The quantitative estimate of drug-likeness (QED) is 0.528. The normalized spacial score (nSPS) is 11.1. The molecule has 0 radical (unpaired) electrons. The fourth-order valence-corrected chi connectivity index (χ4v) is 3.24.